The van der Waals surface area contributed by atoms with Crippen molar-refractivity contribution in [3.8, 4) is 11.3 Å². The van der Waals surface area contributed by atoms with Crippen LogP contribution in [0.15, 0.2) is 52.9 Å². The largest absolute Gasteiger partial charge is 0.354 e. The Morgan fingerprint density at radius 2 is 2.04 bits per heavy atom. The lowest BCUT2D eigenvalue weighted by molar-refractivity contribution is -0.121. The van der Waals surface area contributed by atoms with E-state index < -0.39 is 0 Å². The van der Waals surface area contributed by atoms with Crippen molar-refractivity contribution in [3.63, 3.8) is 0 Å². The van der Waals surface area contributed by atoms with Crippen molar-refractivity contribution in [3.05, 3.63) is 53.3 Å². The number of pyridine rings is 1. The van der Waals surface area contributed by atoms with Gasteiger partial charge in [0.15, 0.2) is 5.16 Å². The Kier molecular flexibility index (Phi) is 5.74. The first-order valence-corrected chi connectivity index (χ1v) is 8.84. The molecular formula is C16H17N7O2S. The third-order valence-corrected chi connectivity index (χ3v) is 4.50. The van der Waals surface area contributed by atoms with E-state index in [9.17, 15) is 9.59 Å². The Morgan fingerprint density at radius 3 is 2.77 bits per heavy atom. The fourth-order valence-electron chi connectivity index (χ4n) is 2.17. The monoisotopic (exact) mass is 371 g/mol. The lowest BCUT2D eigenvalue weighted by atomic mass is 10.2. The molecule has 26 heavy (non-hydrogen) atoms. The van der Waals surface area contributed by atoms with Gasteiger partial charge in [0.05, 0.1) is 5.69 Å². The number of aromatic nitrogens is 6. The van der Waals surface area contributed by atoms with Crippen LogP contribution in [0.1, 0.15) is 0 Å². The second-order valence-electron chi connectivity index (χ2n) is 5.37. The van der Waals surface area contributed by atoms with E-state index in [1.807, 2.05) is 7.05 Å². The summed E-state index contributed by atoms with van der Waals surface area (Å²) in [7, 11) is 1.86. The number of nitrogens with one attached hydrogen (secondary N) is 1. The van der Waals surface area contributed by atoms with Crippen LogP contribution in [0.4, 0.5) is 0 Å². The van der Waals surface area contributed by atoms with E-state index >= 15 is 0 Å². The van der Waals surface area contributed by atoms with Crippen LogP contribution in [-0.2, 0) is 18.4 Å². The molecule has 0 bridgehead atoms. The van der Waals surface area contributed by atoms with Gasteiger partial charge in [0, 0.05) is 43.4 Å². The Morgan fingerprint density at radius 1 is 1.23 bits per heavy atom. The molecule has 0 aliphatic carbocycles. The van der Waals surface area contributed by atoms with Gasteiger partial charge < -0.3 is 9.88 Å². The summed E-state index contributed by atoms with van der Waals surface area (Å²) < 4.78 is 2.96. The van der Waals surface area contributed by atoms with Crippen molar-refractivity contribution >= 4 is 17.7 Å². The minimum absolute atomic E-state index is 0.133. The van der Waals surface area contributed by atoms with Crippen LogP contribution in [0.5, 0.6) is 0 Å². The van der Waals surface area contributed by atoms with Crippen molar-refractivity contribution in [2.75, 3.05) is 12.3 Å². The molecule has 1 N–H and O–H groups in total. The third kappa shape index (κ3) is 4.54. The van der Waals surface area contributed by atoms with Crippen LogP contribution in [0.25, 0.3) is 11.3 Å². The summed E-state index contributed by atoms with van der Waals surface area (Å²) in [4.78, 5) is 28.0. The van der Waals surface area contributed by atoms with Gasteiger partial charge in [0.25, 0.3) is 5.56 Å². The summed E-state index contributed by atoms with van der Waals surface area (Å²) >= 11 is 1.49. The smallest absolute Gasteiger partial charge is 0.267 e. The first-order valence-electron chi connectivity index (χ1n) is 7.85. The van der Waals surface area contributed by atoms with Gasteiger partial charge in [-0.25, -0.2) is 4.68 Å². The van der Waals surface area contributed by atoms with E-state index in [1.165, 1.54) is 17.8 Å². The fraction of sp³-hybridized carbons (Fsp3) is 0.250. The minimum Gasteiger partial charge on any atom is -0.354 e. The lowest BCUT2D eigenvalue weighted by Gasteiger charge is -2.08. The zero-order valence-electron chi connectivity index (χ0n) is 14.1. The molecule has 0 saturated carbocycles. The van der Waals surface area contributed by atoms with Gasteiger partial charge in [-0.3, -0.25) is 14.6 Å². The maximum atomic E-state index is 12.1. The Hall–Kier alpha value is -3.01. The number of thioether (sulfide) groups is 1. The van der Waals surface area contributed by atoms with E-state index in [0.717, 1.165) is 15.4 Å². The molecule has 0 atom stereocenters. The SMILES string of the molecule is Cn1cnnc1SCCNC(=O)Cn1nc(-c2ccncc2)ccc1=O. The number of amides is 1. The summed E-state index contributed by atoms with van der Waals surface area (Å²) in [6.45, 7) is 0.321. The number of carbonyl (C=O) groups is 1. The second-order valence-corrected chi connectivity index (χ2v) is 6.44. The molecule has 0 aliphatic rings. The molecule has 134 valence electrons. The third-order valence-electron chi connectivity index (χ3n) is 3.46. The van der Waals surface area contributed by atoms with Gasteiger partial charge >= 0.3 is 0 Å². The number of rotatable bonds is 7. The molecule has 9 nitrogen and oxygen atoms in total. The van der Waals surface area contributed by atoms with Crippen LogP contribution in [0, 0.1) is 0 Å². The Labute approximate surface area is 153 Å². The molecule has 10 heteroatoms. The maximum Gasteiger partial charge on any atom is 0.267 e. The van der Waals surface area contributed by atoms with Crippen LogP contribution in [0.3, 0.4) is 0 Å². The Balaban J connectivity index is 1.55. The molecule has 3 aromatic rings. The van der Waals surface area contributed by atoms with Crippen LogP contribution < -0.4 is 10.9 Å². The highest BCUT2D eigenvalue weighted by Crippen LogP contribution is 2.13. The zero-order valence-corrected chi connectivity index (χ0v) is 14.9. The van der Waals surface area contributed by atoms with Gasteiger partial charge in [-0.1, -0.05) is 11.8 Å². The van der Waals surface area contributed by atoms with Crippen molar-refractivity contribution in [1.29, 1.82) is 0 Å². The van der Waals surface area contributed by atoms with E-state index in [2.05, 4.69) is 25.6 Å². The molecule has 3 rings (SSSR count). The highest BCUT2D eigenvalue weighted by atomic mass is 32.2. The maximum absolute atomic E-state index is 12.1. The summed E-state index contributed by atoms with van der Waals surface area (Å²) in [5, 5.41) is 15.5. The molecule has 3 aromatic heterocycles. The zero-order chi connectivity index (χ0) is 18.4. The van der Waals surface area contributed by atoms with Gasteiger partial charge in [0.1, 0.15) is 12.9 Å². The average molecular weight is 371 g/mol. The predicted molar refractivity (Wildman–Crippen MR) is 96.5 cm³/mol. The van der Waals surface area contributed by atoms with E-state index in [-0.39, 0.29) is 18.0 Å². The van der Waals surface area contributed by atoms with Gasteiger partial charge in [0.2, 0.25) is 5.91 Å². The van der Waals surface area contributed by atoms with Gasteiger partial charge in [-0.2, -0.15) is 5.10 Å². The predicted octanol–water partition coefficient (Wildman–Crippen LogP) is 0.342. The first-order chi connectivity index (χ1) is 12.6. The van der Waals surface area contributed by atoms with Gasteiger partial charge in [-0.15, -0.1) is 10.2 Å². The van der Waals surface area contributed by atoms with Crippen LogP contribution in [-0.4, -0.2) is 47.7 Å². The lowest BCUT2D eigenvalue weighted by Crippen LogP contribution is -2.34. The molecule has 1 amide bonds. The molecule has 0 radical (unpaired) electrons. The molecule has 0 saturated heterocycles. The summed E-state index contributed by atoms with van der Waals surface area (Å²) in [5.74, 6) is 0.377. The molecular weight excluding hydrogens is 354 g/mol. The quantitative estimate of drug-likeness (QED) is 0.471. The molecule has 0 aliphatic heterocycles. The van der Waals surface area contributed by atoms with Crippen molar-refractivity contribution in [2.24, 2.45) is 7.05 Å². The van der Waals surface area contributed by atoms with Crippen molar-refractivity contribution < 1.29 is 4.79 Å². The number of hydrogen-bond acceptors (Lipinski definition) is 7. The molecule has 0 spiro atoms. The minimum atomic E-state index is -0.327. The average Bonchev–Trinajstić information content (AvgIpc) is 3.06. The van der Waals surface area contributed by atoms with Crippen LogP contribution in [0.2, 0.25) is 0 Å². The highest BCUT2D eigenvalue weighted by Gasteiger charge is 2.08. The second kappa shape index (κ2) is 8.39. The Bertz CT molecular complexity index is 939. The summed E-state index contributed by atoms with van der Waals surface area (Å²) in [6, 6.07) is 6.62. The van der Waals surface area contributed by atoms with Gasteiger partial charge in [-0.05, 0) is 18.2 Å². The standard InChI is InChI=1S/C16H17N7O2S/c1-22-11-19-20-16(22)26-9-8-18-14(24)10-23-15(25)3-2-13(21-23)12-4-6-17-7-5-12/h2-7,11H,8-10H2,1H3,(H,18,24). The van der Waals surface area contributed by atoms with E-state index in [0.29, 0.717) is 18.0 Å². The first kappa shape index (κ1) is 17.8. The normalized spacial score (nSPS) is 10.7. The number of nitrogens with zero attached hydrogens (tertiary/aromatic N) is 6. The molecule has 0 aromatic carbocycles. The summed E-state index contributed by atoms with van der Waals surface area (Å²) in [5.41, 5.74) is 1.11. The van der Waals surface area contributed by atoms with Crippen LogP contribution >= 0.6 is 11.8 Å². The van der Waals surface area contributed by atoms with E-state index in [1.54, 1.807) is 41.5 Å². The number of aryl methyl sites for hydroxylation is 1. The summed E-state index contributed by atoms with van der Waals surface area (Å²) in [6.07, 6.45) is 4.91. The molecule has 0 unspecified atom stereocenters. The number of hydrogen-bond donors (Lipinski definition) is 1. The highest BCUT2D eigenvalue weighted by molar-refractivity contribution is 7.99. The topological polar surface area (TPSA) is 108 Å². The fourth-order valence-corrected chi connectivity index (χ4v) is 2.91. The van der Waals surface area contributed by atoms with Crippen molar-refractivity contribution in [1.82, 2.24) is 34.8 Å². The van der Waals surface area contributed by atoms with Crippen molar-refractivity contribution in [2.45, 2.75) is 11.7 Å². The number of carbonyl (C=O) groups excluding carboxylic acids is 1. The molecule has 3 heterocycles. The van der Waals surface area contributed by atoms with E-state index in [4.69, 9.17) is 0 Å². The molecule has 0 fully saturated rings.